The minimum Gasteiger partial charge on any atom is -0.657 e. The molecule has 8 aromatic carbocycles. The summed E-state index contributed by atoms with van der Waals surface area (Å²) in [7, 11) is 6.91. The van der Waals surface area contributed by atoms with Gasteiger partial charge in [-0.05, 0) is 289 Å². The van der Waals surface area contributed by atoms with Gasteiger partial charge in [-0.15, -0.1) is 22.1 Å². The summed E-state index contributed by atoms with van der Waals surface area (Å²) < 4.78 is 24.3. The maximum atomic E-state index is 6.07. The van der Waals surface area contributed by atoms with Crippen molar-refractivity contribution in [2.45, 2.75) is 83.1 Å². The summed E-state index contributed by atoms with van der Waals surface area (Å²) in [4.78, 5) is 23.6. The fraction of sp³-hybridized carbons (Fsp3) is 0.190. The van der Waals surface area contributed by atoms with Crippen molar-refractivity contribution in [1.29, 1.82) is 0 Å². The standard InChI is InChI=1S/C84H76N4O4/c1-45-33-49(5)77(50(6)34-45)65-41-57(89-13)17-21-61(65)81-69-25-27-71(85-69)82(62-22-18-58(90-14)42-66(62)78-51(7)35-46(2)36-52(78)8)73-29-31-75(87-73)84(64-24-20-60(92-16)44-68(64)80-55(11)39-48(4)40-56(80)12)76-32-30-74(88-76)83(72-28-26-70(81)86-72)63-23-19-59(91-15)43-67(63)79-53(9)37-47(3)38-54(79)10/h17-44H,1-16H3/q-2. The van der Waals surface area contributed by atoms with Gasteiger partial charge >= 0.3 is 0 Å². The number of aryl methyl sites for hydroxylation is 12. The maximum absolute atomic E-state index is 6.07. The Kier molecular flexibility index (Phi) is 15.8. The van der Waals surface area contributed by atoms with Gasteiger partial charge in [0.05, 0.1) is 51.2 Å². The zero-order chi connectivity index (χ0) is 64.5. The molecule has 0 spiro atoms. The van der Waals surface area contributed by atoms with E-state index in [0.29, 0.717) is 0 Å². The highest BCUT2D eigenvalue weighted by molar-refractivity contribution is 6.06. The second kappa shape index (κ2) is 24.1. The molecule has 92 heavy (non-hydrogen) atoms. The predicted molar refractivity (Wildman–Crippen MR) is 383 cm³/mol. The SMILES string of the molecule is COc1ccc(-c2c3nc(c(-c4ccc(OC)cc4-c4c(C)cc(C)cc4C)c4ccc([n-]4)c(-c4ccc(OC)cc4-c4c(C)cc(C)cc4C)c4nc(c(-c5ccc(OC)cc5-c5c(C)cc(C)cc5C)c5ccc2[n-]5)C=C4)C=C3)c(-c2c(C)cc(C)cc2C)c1. The van der Waals surface area contributed by atoms with E-state index in [4.69, 9.17) is 38.9 Å². The summed E-state index contributed by atoms with van der Waals surface area (Å²) in [6.45, 7) is 26.2. The van der Waals surface area contributed by atoms with Crippen LogP contribution in [0.2, 0.25) is 0 Å². The van der Waals surface area contributed by atoms with Crippen LogP contribution >= 0.6 is 0 Å². The lowest BCUT2D eigenvalue weighted by atomic mass is 9.87. The molecular formula is C84H76N4O4-2. The highest BCUT2D eigenvalue weighted by Gasteiger charge is 2.25. The molecule has 8 nitrogen and oxygen atoms in total. The van der Waals surface area contributed by atoms with Gasteiger partial charge in [0.1, 0.15) is 23.0 Å². The fourth-order valence-corrected chi connectivity index (χ4v) is 14.9. The molecule has 0 amide bonds. The van der Waals surface area contributed by atoms with Gasteiger partial charge in [-0.2, -0.15) is 0 Å². The second-order valence-corrected chi connectivity index (χ2v) is 25.1. The average molecular weight is 1210 g/mol. The van der Waals surface area contributed by atoms with E-state index in [1.165, 1.54) is 22.3 Å². The first kappa shape index (κ1) is 60.5. The Labute approximate surface area is 541 Å². The molecule has 0 aliphatic carbocycles. The van der Waals surface area contributed by atoms with E-state index >= 15 is 0 Å². The van der Waals surface area contributed by atoms with Gasteiger partial charge in [0.2, 0.25) is 0 Å². The normalized spacial score (nSPS) is 11.8. The Morgan fingerprint density at radius 1 is 0.228 bits per heavy atom. The molecule has 3 aromatic heterocycles. The van der Waals surface area contributed by atoms with E-state index in [-0.39, 0.29) is 0 Å². The van der Waals surface area contributed by atoms with Crippen LogP contribution in [0.5, 0.6) is 23.0 Å². The van der Waals surface area contributed by atoms with Crippen LogP contribution in [-0.4, -0.2) is 38.4 Å². The molecule has 0 N–H and O–H groups in total. The Morgan fingerprint density at radius 2 is 0.424 bits per heavy atom. The molecule has 0 unspecified atom stereocenters. The van der Waals surface area contributed by atoms with E-state index in [1.54, 1.807) is 28.4 Å². The third-order valence-corrected chi connectivity index (χ3v) is 18.4. The first-order valence-corrected chi connectivity index (χ1v) is 31.5. The number of hydrogen-bond acceptors (Lipinski definition) is 6. The molecule has 8 heteroatoms. The Hall–Kier alpha value is -10.4. The van der Waals surface area contributed by atoms with E-state index in [2.05, 4.69) is 229 Å². The second-order valence-electron chi connectivity index (χ2n) is 25.1. The summed E-state index contributed by atoms with van der Waals surface area (Å²) >= 11 is 0. The molecule has 458 valence electrons. The summed E-state index contributed by atoms with van der Waals surface area (Å²) in [5.74, 6) is 2.99. The molecule has 2 aliphatic rings. The van der Waals surface area contributed by atoms with Crippen molar-refractivity contribution in [1.82, 2.24) is 19.9 Å². The van der Waals surface area contributed by atoms with Gasteiger partial charge < -0.3 is 28.9 Å². The van der Waals surface area contributed by atoms with Crippen molar-refractivity contribution in [2.75, 3.05) is 28.4 Å². The molecule has 0 fully saturated rings. The van der Waals surface area contributed by atoms with E-state index in [1.807, 2.05) is 24.3 Å². The number of nitrogens with zero attached hydrogens (tertiary/aromatic N) is 4. The minimum atomic E-state index is 0.746. The summed E-state index contributed by atoms with van der Waals surface area (Å²) in [5.41, 5.74) is 35.9. The molecule has 0 saturated carbocycles. The number of methoxy groups -OCH3 is 4. The number of ether oxygens (including phenoxy) is 4. The number of aromatic nitrogens is 4. The third kappa shape index (κ3) is 10.8. The largest absolute Gasteiger partial charge is 0.657 e. The smallest absolute Gasteiger partial charge is 0.119 e. The van der Waals surface area contributed by atoms with Gasteiger partial charge in [0.25, 0.3) is 0 Å². The number of fused-ring (bicyclic) bond motifs is 8. The molecule has 11 aromatic rings. The lowest BCUT2D eigenvalue weighted by Crippen LogP contribution is -1.98. The van der Waals surface area contributed by atoms with Crippen LogP contribution in [0.25, 0.3) is 135 Å². The molecule has 13 rings (SSSR count). The molecule has 0 atom stereocenters. The van der Waals surface area contributed by atoms with Crippen LogP contribution in [0, 0.1) is 83.1 Å². The van der Waals surface area contributed by atoms with Crippen molar-refractivity contribution < 1.29 is 18.9 Å². The van der Waals surface area contributed by atoms with Crippen LogP contribution < -0.4 is 28.9 Å². The highest BCUT2D eigenvalue weighted by Crippen LogP contribution is 2.49. The number of hydrogen-bond donors (Lipinski definition) is 0. The molecule has 0 saturated heterocycles. The first-order chi connectivity index (χ1) is 44.3. The molecule has 0 radical (unpaired) electrons. The van der Waals surface area contributed by atoms with E-state index < -0.39 is 0 Å². The van der Waals surface area contributed by atoms with Crippen LogP contribution in [0.4, 0.5) is 0 Å². The molecule has 8 bridgehead atoms. The first-order valence-electron chi connectivity index (χ1n) is 31.5. The predicted octanol–water partition coefficient (Wildman–Crippen LogP) is 21.0. The van der Waals surface area contributed by atoms with Gasteiger partial charge in [0.15, 0.2) is 0 Å². The Balaban J connectivity index is 1.26. The topological polar surface area (TPSA) is 90.9 Å². The van der Waals surface area contributed by atoms with Crippen molar-refractivity contribution >= 4 is 46.4 Å². The Morgan fingerprint density at radius 3 is 0.609 bits per heavy atom. The van der Waals surface area contributed by atoms with Crippen LogP contribution in [-0.2, 0) is 0 Å². The summed E-state index contributed by atoms with van der Waals surface area (Å²) in [6, 6.07) is 52.2. The van der Waals surface area contributed by atoms with Crippen LogP contribution in [0.3, 0.4) is 0 Å². The highest BCUT2D eigenvalue weighted by atomic mass is 16.5. The van der Waals surface area contributed by atoms with Crippen molar-refractivity contribution in [3.05, 3.63) is 235 Å². The quantitative estimate of drug-likeness (QED) is 0.119. The van der Waals surface area contributed by atoms with Gasteiger partial charge in [-0.25, -0.2) is 9.97 Å². The monoisotopic (exact) mass is 1200 g/mol. The summed E-state index contributed by atoms with van der Waals surface area (Å²) in [5, 5.41) is 0. The molecular weight excluding hydrogens is 1130 g/mol. The number of benzene rings is 8. The lowest BCUT2D eigenvalue weighted by molar-refractivity contribution is 0.415. The van der Waals surface area contributed by atoms with Crippen LogP contribution in [0.1, 0.15) is 89.5 Å². The minimum absolute atomic E-state index is 0.746. The molecule has 2 aliphatic heterocycles. The van der Waals surface area contributed by atoms with Crippen molar-refractivity contribution in [3.8, 4) is 112 Å². The van der Waals surface area contributed by atoms with Gasteiger partial charge in [-0.3, -0.25) is 0 Å². The average Bonchev–Trinajstić information content (AvgIpc) is 1.50. The Bertz CT molecular complexity index is 4400. The zero-order valence-corrected chi connectivity index (χ0v) is 55.6. The van der Waals surface area contributed by atoms with Crippen molar-refractivity contribution in [2.24, 2.45) is 0 Å². The van der Waals surface area contributed by atoms with E-state index in [0.717, 1.165) is 201 Å². The van der Waals surface area contributed by atoms with Crippen molar-refractivity contribution in [3.63, 3.8) is 0 Å². The van der Waals surface area contributed by atoms with E-state index in [9.17, 15) is 0 Å². The van der Waals surface area contributed by atoms with Crippen LogP contribution in [0.15, 0.2) is 146 Å². The van der Waals surface area contributed by atoms with Gasteiger partial charge in [-0.1, -0.05) is 119 Å². The fourth-order valence-electron chi connectivity index (χ4n) is 14.9. The zero-order valence-electron chi connectivity index (χ0n) is 55.6. The summed E-state index contributed by atoms with van der Waals surface area (Å²) in [6.07, 6.45) is 8.62. The maximum Gasteiger partial charge on any atom is 0.119 e. The molecule has 5 heterocycles. The number of rotatable bonds is 12. The lowest BCUT2D eigenvalue weighted by Gasteiger charge is -2.21. The van der Waals surface area contributed by atoms with Gasteiger partial charge in [0, 0.05) is 0 Å². The third-order valence-electron chi connectivity index (χ3n) is 18.4.